The monoisotopic (exact) mass is 319 g/mol. The summed E-state index contributed by atoms with van der Waals surface area (Å²) in [5.74, 6) is 6.88. The molecular weight excluding hydrogens is 298 g/mol. The highest BCUT2D eigenvalue weighted by atomic mass is 16.2. The second-order valence-corrected chi connectivity index (χ2v) is 6.45. The number of amides is 2. The molecule has 3 rings (SSSR count). The molecule has 1 aliphatic heterocycles. The maximum atomic E-state index is 12.5. The van der Waals surface area contributed by atoms with E-state index in [0.29, 0.717) is 18.9 Å². The predicted molar refractivity (Wildman–Crippen MR) is 95.9 cm³/mol. The zero-order valence-electron chi connectivity index (χ0n) is 14.3. The van der Waals surface area contributed by atoms with Crippen molar-refractivity contribution in [2.75, 3.05) is 18.0 Å². The number of anilines is 1. The molecule has 0 spiro atoms. The fraction of sp³-hybridized carbons (Fsp3) is 0.300. The van der Waals surface area contributed by atoms with Gasteiger partial charge in [-0.25, -0.2) is 9.78 Å². The summed E-state index contributed by atoms with van der Waals surface area (Å²) in [5.41, 5.74) is 1.62. The second kappa shape index (κ2) is 6.37. The molecular formula is C20H21N3O. The summed E-state index contributed by atoms with van der Waals surface area (Å²) in [5, 5.41) is 0. The van der Waals surface area contributed by atoms with E-state index in [0.717, 1.165) is 11.1 Å². The number of rotatable bonds is 2. The number of urea groups is 1. The normalized spacial score (nSPS) is 16.0. The van der Waals surface area contributed by atoms with Crippen LogP contribution in [0.25, 0.3) is 0 Å². The van der Waals surface area contributed by atoms with Crippen molar-refractivity contribution < 1.29 is 4.79 Å². The van der Waals surface area contributed by atoms with Gasteiger partial charge >= 0.3 is 6.03 Å². The van der Waals surface area contributed by atoms with E-state index < -0.39 is 0 Å². The third-order valence-electron chi connectivity index (χ3n) is 4.20. The van der Waals surface area contributed by atoms with E-state index in [1.165, 1.54) is 0 Å². The minimum Gasteiger partial charge on any atom is -0.318 e. The van der Waals surface area contributed by atoms with Crippen LogP contribution in [0.4, 0.5) is 10.6 Å². The molecule has 2 amide bonds. The minimum atomic E-state index is -0.181. The Morgan fingerprint density at radius 2 is 1.79 bits per heavy atom. The molecule has 0 bridgehead atoms. The summed E-state index contributed by atoms with van der Waals surface area (Å²) in [6.07, 6.45) is 1.72. The Bertz CT molecular complexity index is 785. The van der Waals surface area contributed by atoms with Gasteiger partial charge in [-0.3, -0.25) is 4.90 Å². The van der Waals surface area contributed by atoms with Crippen LogP contribution in [0.1, 0.15) is 31.9 Å². The standard InChI is InChI=1S/C20H21N3O/c1-4-23-19(24)22(15-20(23,2)3)18-13-12-17(14-21-18)11-10-16-8-6-5-7-9-16/h5-9,12-14H,4,15H2,1-3H3. The molecule has 1 aromatic heterocycles. The van der Waals surface area contributed by atoms with Crippen LogP contribution in [0, 0.1) is 11.8 Å². The zero-order valence-corrected chi connectivity index (χ0v) is 14.3. The zero-order chi connectivity index (χ0) is 17.2. The number of hydrogen-bond acceptors (Lipinski definition) is 2. The molecule has 0 N–H and O–H groups in total. The first kappa shape index (κ1) is 16.1. The van der Waals surface area contributed by atoms with Crippen molar-refractivity contribution in [3.8, 4) is 11.8 Å². The lowest BCUT2D eigenvalue weighted by Crippen LogP contribution is -2.41. The van der Waals surface area contributed by atoms with E-state index in [1.54, 1.807) is 11.1 Å². The molecule has 0 unspecified atom stereocenters. The number of pyridine rings is 1. The predicted octanol–water partition coefficient (Wildman–Crippen LogP) is 3.52. The molecule has 2 aromatic rings. The summed E-state index contributed by atoms with van der Waals surface area (Å²) in [4.78, 5) is 20.6. The van der Waals surface area contributed by atoms with Crippen LogP contribution in [0.15, 0.2) is 48.7 Å². The lowest BCUT2D eigenvalue weighted by atomic mass is 10.1. The number of likely N-dealkylation sites (N-methyl/N-ethyl adjacent to an activating group) is 1. The van der Waals surface area contributed by atoms with Crippen molar-refractivity contribution >= 4 is 11.8 Å². The first-order valence-electron chi connectivity index (χ1n) is 8.13. The summed E-state index contributed by atoms with van der Waals surface area (Å²) in [6.45, 7) is 7.49. The Kier molecular flexibility index (Phi) is 4.26. The van der Waals surface area contributed by atoms with Crippen molar-refractivity contribution in [1.29, 1.82) is 0 Å². The number of aromatic nitrogens is 1. The maximum absolute atomic E-state index is 12.5. The molecule has 0 radical (unpaired) electrons. The molecule has 4 heteroatoms. The van der Waals surface area contributed by atoms with Crippen LogP contribution in [0.3, 0.4) is 0 Å². The van der Waals surface area contributed by atoms with Gasteiger partial charge in [0.1, 0.15) is 5.82 Å². The molecule has 2 heterocycles. The van der Waals surface area contributed by atoms with E-state index in [9.17, 15) is 4.79 Å². The third-order valence-corrected chi connectivity index (χ3v) is 4.20. The van der Waals surface area contributed by atoms with Crippen LogP contribution in [-0.2, 0) is 0 Å². The number of carbonyl (C=O) groups excluding carboxylic acids is 1. The smallest absolute Gasteiger partial charge is 0.318 e. The van der Waals surface area contributed by atoms with Gasteiger partial charge in [-0.1, -0.05) is 30.0 Å². The molecule has 4 nitrogen and oxygen atoms in total. The fourth-order valence-electron chi connectivity index (χ4n) is 2.97. The first-order valence-corrected chi connectivity index (χ1v) is 8.13. The highest BCUT2D eigenvalue weighted by Crippen LogP contribution is 2.29. The second-order valence-electron chi connectivity index (χ2n) is 6.45. The van der Waals surface area contributed by atoms with Gasteiger partial charge in [0.25, 0.3) is 0 Å². The van der Waals surface area contributed by atoms with Gasteiger partial charge in [0.15, 0.2) is 0 Å². The lowest BCUT2D eigenvalue weighted by Gasteiger charge is -2.27. The SMILES string of the molecule is CCN1C(=O)N(c2ccc(C#Cc3ccccc3)cn2)CC1(C)C. The van der Waals surface area contributed by atoms with Crippen molar-refractivity contribution in [2.45, 2.75) is 26.3 Å². The molecule has 24 heavy (non-hydrogen) atoms. The fourth-order valence-corrected chi connectivity index (χ4v) is 2.97. The topological polar surface area (TPSA) is 36.4 Å². The average molecular weight is 319 g/mol. The number of carbonyl (C=O) groups is 1. The highest BCUT2D eigenvalue weighted by molar-refractivity contribution is 5.94. The Morgan fingerprint density at radius 1 is 1.08 bits per heavy atom. The third kappa shape index (κ3) is 3.11. The quantitative estimate of drug-likeness (QED) is 0.794. The minimum absolute atomic E-state index is 0.0121. The van der Waals surface area contributed by atoms with Crippen molar-refractivity contribution in [3.05, 3.63) is 59.8 Å². The van der Waals surface area contributed by atoms with Gasteiger partial charge < -0.3 is 4.90 Å². The molecule has 1 saturated heterocycles. The van der Waals surface area contributed by atoms with Gasteiger partial charge in [-0.15, -0.1) is 0 Å². The Morgan fingerprint density at radius 3 is 2.38 bits per heavy atom. The van der Waals surface area contributed by atoms with Crippen molar-refractivity contribution in [2.24, 2.45) is 0 Å². The Labute approximate surface area is 143 Å². The average Bonchev–Trinajstić information content (AvgIpc) is 2.83. The van der Waals surface area contributed by atoms with Gasteiger partial charge in [0.2, 0.25) is 0 Å². The van der Waals surface area contributed by atoms with Crippen LogP contribution in [-0.4, -0.2) is 34.5 Å². The van der Waals surface area contributed by atoms with Gasteiger partial charge in [-0.2, -0.15) is 0 Å². The van der Waals surface area contributed by atoms with Crippen LogP contribution in [0.5, 0.6) is 0 Å². The summed E-state index contributed by atoms with van der Waals surface area (Å²) in [6, 6.07) is 13.6. The highest BCUT2D eigenvalue weighted by Gasteiger charge is 2.43. The van der Waals surface area contributed by atoms with Crippen molar-refractivity contribution in [3.63, 3.8) is 0 Å². The molecule has 0 atom stereocenters. The molecule has 1 aromatic carbocycles. The molecule has 1 fully saturated rings. The molecule has 1 aliphatic rings. The Balaban J connectivity index is 1.78. The van der Waals surface area contributed by atoms with E-state index >= 15 is 0 Å². The summed E-state index contributed by atoms with van der Waals surface area (Å²) < 4.78 is 0. The summed E-state index contributed by atoms with van der Waals surface area (Å²) in [7, 11) is 0. The molecule has 0 saturated carbocycles. The summed E-state index contributed by atoms with van der Waals surface area (Å²) >= 11 is 0. The van der Waals surface area contributed by atoms with Gasteiger partial charge in [0, 0.05) is 23.9 Å². The van der Waals surface area contributed by atoms with Crippen molar-refractivity contribution in [1.82, 2.24) is 9.88 Å². The number of benzene rings is 1. The molecule has 122 valence electrons. The van der Waals surface area contributed by atoms with Crippen LogP contribution < -0.4 is 4.90 Å². The van der Waals surface area contributed by atoms with Gasteiger partial charge in [0.05, 0.1) is 12.1 Å². The first-order chi connectivity index (χ1) is 11.5. The van der Waals surface area contributed by atoms with Gasteiger partial charge in [-0.05, 0) is 45.0 Å². The van der Waals surface area contributed by atoms with E-state index in [4.69, 9.17) is 0 Å². The number of nitrogens with zero attached hydrogens (tertiary/aromatic N) is 3. The van der Waals surface area contributed by atoms with E-state index in [-0.39, 0.29) is 11.6 Å². The van der Waals surface area contributed by atoms with E-state index in [1.807, 2.05) is 54.3 Å². The largest absolute Gasteiger partial charge is 0.326 e. The maximum Gasteiger partial charge on any atom is 0.326 e. The number of hydrogen-bond donors (Lipinski definition) is 0. The van der Waals surface area contributed by atoms with E-state index in [2.05, 4.69) is 30.7 Å². The molecule has 0 aliphatic carbocycles. The Hall–Kier alpha value is -2.80. The lowest BCUT2D eigenvalue weighted by molar-refractivity contribution is 0.182. The van der Waals surface area contributed by atoms with Crippen LogP contribution in [0.2, 0.25) is 0 Å². The van der Waals surface area contributed by atoms with Crippen LogP contribution >= 0.6 is 0 Å².